The molecular formula is C11H18N2O. The summed E-state index contributed by atoms with van der Waals surface area (Å²) in [5, 5.41) is 0. The van der Waals surface area contributed by atoms with Crippen molar-refractivity contribution in [1.82, 2.24) is 9.13 Å². The summed E-state index contributed by atoms with van der Waals surface area (Å²) in [5.41, 5.74) is 0.139. The average molecular weight is 194 g/mol. The van der Waals surface area contributed by atoms with Crippen LogP contribution >= 0.6 is 0 Å². The second-order valence-corrected chi connectivity index (χ2v) is 4.51. The van der Waals surface area contributed by atoms with E-state index in [1.807, 2.05) is 30.8 Å². The molecule has 0 aromatic carbocycles. The average Bonchev–Trinajstić information content (AvgIpc) is 2.87. The summed E-state index contributed by atoms with van der Waals surface area (Å²) in [6, 6.07) is 0.268. The van der Waals surface area contributed by atoms with E-state index in [2.05, 4.69) is 0 Å². The van der Waals surface area contributed by atoms with Gasteiger partial charge in [-0.2, -0.15) is 0 Å². The topological polar surface area (TPSA) is 26.9 Å². The lowest BCUT2D eigenvalue weighted by atomic mass is 10.3. The number of nitrogens with zero attached hydrogens (tertiary/aromatic N) is 2. The Morgan fingerprint density at radius 3 is 2.64 bits per heavy atom. The number of rotatable bonds is 4. The Kier molecular flexibility index (Phi) is 2.48. The highest BCUT2D eigenvalue weighted by Gasteiger charge is 2.21. The Hall–Kier alpha value is -0.990. The predicted octanol–water partition coefficient (Wildman–Crippen LogP) is 2.03. The van der Waals surface area contributed by atoms with Gasteiger partial charge < -0.3 is 0 Å². The first-order chi connectivity index (χ1) is 6.68. The number of hydrogen-bond acceptors (Lipinski definition) is 1. The maximum Gasteiger partial charge on any atom is 0.328 e. The lowest BCUT2D eigenvalue weighted by Gasteiger charge is -2.04. The molecule has 14 heavy (non-hydrogen) atoms. The molecule has 0 radical (unpaired) electrons. The van der Waals surface area contributed by atoms with E-state index >= 15 is 0 Å². The van der Waals surface area contributed by atoms with Gasteiger partial charge in [0.25, 0.3) is 0 Å². The van der Waals surface area contributed by atoms with E-state index in [-0.39, 0.29) is 11.7 Å². The van der Waals surface area contributed by atoms with Crippen molar-refractivity contribution in [3.8, 4) is 0 Å². The van der Waals surface area contributed by atoms with Crippen molar-refractivity contribution in [3.05, 3.63) is 22.9 Å². The van der Waals surface area contributed by atoms with Crippen molar-refractivity contribution in [3.63, 3.8) is 0 Å². The minimum absolute atomic E-state index is 0.139. The molecule has 0 bridgehead atoms. The fourth-order valence-electron chi connectivity index (χ4n) is 1.72. The molecule has 0 spiro atoms. The van der Waals surface area contributed by atoms with Gasteiger partial charge in [0.15, 0.2) is 0 Å². The SMILES string of the molecule is CC(C)n1ccn(CCC2CC2)c1=O. The van der Waals surface area contributed by atoms with Crippen molar-refractivity contribution in [2.75, 3.05) is 0 Å². The van der Waals surface area contributed by atoms with Gasteiger partial charge in [0.1, 0.15) is 0 Å². The molecule has 0 saturated heterocycles. The zero-order valence-electron chi connectivity index (χ0n) is 8.94. The van der Waals surface area contributed by atoms with E-state index in [4.69, 9.17) is 0 Å². The summed E-state index contributed by atoms with van der Waals surface area (Å²) in [4.78, 5) is 11.8. The smallest absolute Gasteiger partial charge is 0.299 e. The van der Waals surface area contributed by atoms with Gasteiger partial charge in [0.05, 0.1) is 0 Å². The van der Waals surface area contributed by atoms with Crippen LogP contribution in [0.3, 0.4) is 0 Å². The second kappa shape index (κ2) is 3.64. The lowest BCUT2D eigenvalue weighted by Crippen LogP contribution is -2.25. The second-order valence-electron chi connectivity index (χ2n) is 4.51. The summed E-state index contributed by atoms with van der Waals surface area (Å²) >= 11 is 0. The lowest BCUT2D eigenvalue weighted by molar-refractivity contribution is 0.530. The quantitative estimate of drug-likeness (QED) is 0.720. The van der Waals surface area contributed by atoms with Gasteiger partial charge in [-0.1, -0.05) is 12.8 Å². The number of hydrogen-bond donors (Lipinski definition) is 0. The van der Waals surface area contributed by atoms with Crippen LogP contribution in [0.25, 0.3) is 0 Å². The van der Waals surface area contributed by atoms with Crippen LogP contribution in [-0.2, 0) is 6.54 Å². The minimum atomic E-state index is 0.139. The summed E-state index contributed by atoms with van der Waals surface area (Å²) in [5.74, 6) is 0.893. The van der Waals surface area contributed by atoms with E-state index in [0.29, 0.717) is 0 Å². The van der Waals surface area contributed by atoms with Crippen molar-refractivity contribution < 1.29 is 0 Å². The Morgan fingerprint density at radius 2 is 2.14 bits per heavy atom. The first-order valence-corrected chi connectivity index (χ1v) is 5.45. The van der Waals surface area contributed by atoms with Crippen LogP contribution in [0.1, 0.15) is 39.2 Å². The summed E-state index contributed by atoms with van der Waals surface area (Å²) in [6.45, 7) is 4.96. The Morgan fingerprint density at radius 1 is 1.43 bits per heavy atom. The van der Waals surface area contributed by atoms with Gasteiger partial charge in [-0.25, -0.2) is 4.79 Å². The fraction of sp³-hybridized carbons (Fsp3) is 0.727. The number of aromatic nitrogens is 2. The molecule has 0 atom stereocenters. The molecule has 2 rings (SSSR count). The molecule has 1 aromatic heterocycles. The maximum atomic E-state index is 11.8. The molecule has 0 amide bonds. The third-order valence-electron chi connectivity index (χ3n) is 2.91. The van der Waals surface area contributed by atoms with Gasteiger partial charge in [0.2, 0.25) is 0 Å². The largest absolute Gasteiger partial charge is 0.328 e. The van der Waals surface area contributed by atoms with Crippen LogP contribution in [0.4, 0.5) is 0 Å². The Labute approximate surface area is 84.4 Å². The molecule has 1 aliphatic carbocycles. The predicted molar refractivity (Wildman–Crippen MR) is 56.4 cm³/mol. The summed E-state index contributed by atoms with van der Waals surface area (Å²) in [7, 11) is 0. The van der Waals surface area contributed by atoms with E-state index in [0.717, 1.165) is 12.5 Å². The van der Waals surface area contributed by atoms with Crippen molar-refractivity contribution in [2.24, 2.45) is 5.92 Å². The highest BCUT2D eigenvalue weighted by atomic mass is 16.1. The number of imidazole rings is 1. The molecule has 1 aliphatic rings. The third kappa shape index (κ3) is 1.91. The van der Waals surface area contributed by atoms with Gasteiger partial charge in [0, 0.05) is 25.0 Å². The first kappa shape index (κ1) is 9.56. The van der Waals surface area contributed by atoms with E-state index in [9.17, 15) is 4.79 Å². The molecular weight excluding hydrogens is 176 g/mol. The summed E-state index contributed by atoms with van der Waals surface area (Å²) in [6.07, 6.45) is 7.69. The molecule has 3 nitrogen and oxygen atoms in total. The molecule has 1 aromatic rings. The molecule has 3 heteroatoms. The highest BCUT2D eigenvalue weighted by molar-refractivity contribution is 4.84. The highest BCUT2D eigenvalue weighted by Crippen LogP contribution is 2.32. The number of aryl methyl sites for hydroxylation is 1. The zero-order valence-corrected chi connectivity index (χ0v) is 8.94. The molecule has 0 N–H and O–H groups in total. The molecule has 1 saturated carbocycles. The van der Waals surface area contributed by atoms with Crippen molar-refractivity contribution in [1.29, 1.82) is 0 Å². The van der Waals surface area contributed by atoms with Crippen molar-refractivity contribution >= 4 is 0 Å². The van der Waals surface area contributed by atoms with Crippen LogP contribution < -0.4 is 5.69 Å². The fourth-order valence-corrected chi connectivity index (χ4v) is 1.72. The van der Waals surface area contributed by atoms with Gasteiger partial charge in [-0.3, -0.25) is 9.13 Å². The van der Waals surface area contributed by atoms with Crippen LogP contribution in [0, 0.1) is 5.92 Å². The standard InChI is InChI=1S/C11H18N2O/c1-9(2)13-8-7-12(11(13)14)6-5-10-3-4-10/h7-10H,3-6H2,1-2H3. The maximum absolute atomic E-state index is 11.8. The summed E-state index contributed by atoms with van der Waals surface area (Å²) < 4.78 is 3.62. The molecule has 0 unspecified atom stereocenters. The third-order valence-corrected chi connectivity index (χ3v) is 2.91. The van der Waals surface area contributed by atoms with E-state index in [1.165, 1.54) is 19.3 Å². The van der Waals surface area contributed by atoms with Gasteiger partial charge in [-0.15, -0.1) is 0 Å². The molecule has 78 valence electrons. The van der Waals surface area contributed by atoms with Crippen LogP contribution in [-0.4, -0.2) is 9.13 Å². The Balaban J connectivity index is 2.05. The zero-order chi connectivity index (χ0) is 10.1. The van der Waals surface area contributed by atoms with Crippen molar-refractivity contribution in [2.45, 2.75) is 45.7 Å². The van der Waals surface area contributed by atoms with E-state index < -0.39 is 0 Å². The minimum Gasteiger partial charge on any atom is -0.299 e. The monoisotopic (exact) mass is 194 g/mol. The van der Waals surface area contributed by atoms with Gasteiger partial charge in [-0.05, 0) is 26.2 Å². The first-order valence-electron chi connectivity index (χ1n) is 5.45. The molecule has 1 heterocycles. The van der Waals surface area contributed by atoms with Crippen LogP contribution in [0.15, 0.2) is 17.2 Å². The van der Waals surface area contributed by atoms with E-state index in [1.54, 1.807) is 4.57 Å². The Bertz CT molecular complexity index is 358. The molecule has 1 fully saturated rings. The van der Waals surface area contributed by atoms with Gasteiger partial charge >= 0.3 is 5.69 Å². The van der Waals surface area contributed by atoms with Crippen LogP contribution in [0.5, 0.6) is 0 Å². The normalized spacial score (nSPS) is 16.5. The van der Waals surface area contributed by atoms with Crippen LogP contribution in [0.2, 0.25) is 0 Å². The molecule has 0 aliphatic heterocycles.